The zero-order chi connectivity index (χ0) is 11.5. The summed E-state index contributed by atoms with van der Waals surface area (Å²) in [6.07, 6.45) is 2.34. The van der Waals surface area contributed by atoms with Crippen LogP contribution in [-0.2, 0) is 9.53 Å². The van der Waals surface area contributed by atoms with Crippen LogP contribution < -0.4 is 5.73 Å². The number of nitrogens with two attached hydrogens (primary N) is 1. The predicted molar refractivity (Wildman–Crippen MR) is 59.4 cm³/mol. The summed E-state index contributed by atoms with van der Waals surface area (Å²) in [5.74, 6) is -0.213. The Kier molecular flexibility index (Phi) is 4.11. The van der Waals surface area contributed by atoms with Crippen molar-refractivity contribution in [2.75, 3.05) is 26.7 Å². The minimum absolute atomic E-state index is 0.213. The highest BCUT2D eigenvalue weighted by Gasteiger charge is 2.33. The van der Waals surface area contributed by atoms with Gasteiger partial charge in [0.05, 0.1) is 7.11 Å². The minimum Gasteiger partial charge on any atom is -0.468 e. The number of esters is 1. The molecule has 0 aliphatic carbocycles. The van der Waals surface area contributed by atoms with Gasteiger partial charge in [0.1, 0.15) is 6.04 Å². The molecule has 1 saturated heterocycles. The topological polar surface area (TPSA) is 55.6 Å². The number of methoxy groups -OCH3 is 1. The molecule has 4 heteroatoms. The Balaban J connectivity index is 2.64. The molecule has 1 heterocycles. The Hall–Kier alpha value is -0.610. The number of carbonyl (C=O) groups is 1. The van der Waals surface area contributed by atoms with Crippen LogP contribution in [0.2, 0.25) is 0 Å². The van der Waals surface area contributed by atoms with Crippen LogP contribution in [0.3, 0.4) is 0 Å². The third kappa shape index (κ3) is 3.18. The molecule has 0 saturated carbocycles. The Labute approximate surface area is 91.8 Å². The highest BCUT2D eigenvalue weighted by Crippen LogP contribution is 2.29. The van der Waals surface area contributed by atoms with E-state index in [4.69, 9.17) is 10.5 Å². The second-order valence-electron chi connectivity index (χ2n) is 5.01. The Bertz CT molecular complexity index is 229. The number of nitrogens with zero attached hydrogens (tertiary/aromatic N) is 1. The van der Waals surface area contributed by atoms with Gasteiger partial charge in [-0.15, -0.1) is 0 Å². The van der Waals surface area contributed by atoms with Gasteiger partial charge in [-0.25, -0.2) is 0 Å². The van der Waals surface area contributed by atoms with Gasteiger partial charge in [0.2, 0.25) is 0 Å². The van der Waals surface area contributed by atoms with Crippen LogP contribution >= 0.6 is 0 Å². The first kappa shape index (κ1) is 12.5. The Morgan fingerprint density at radius 2 is 2.27 bits per heavy atom. The molecule has 1 rings (SSSR count). The van der Waals surface area contributed by atoms with Crippen molar-refractivity contribution in [2.45, 2.75) is 32.7 Å². The summed E-state index contributed by atoms with van der Waals surface area (Å²) in [5.41, 5.74) is 5.90. The molecular formula is C11H22N2O2. The molecule has 2 N–H and O–H groups in total. The molecule has 1 aliphatic rings. The van der Waals surface area contributed by atoms with Crippen molar-refractivity contribution >= 4 is 5.97 Å². The summed E-state index contributed by atoms with van der Waals surface area (Å²) < 4.78 is 4.76. The number of carbonyl (C=O) groups excluding carboxylic acids is 1. The lowest BCUT2D eigenvalue weighted by Gasteiger charge is -2.40. The number of hydrogen-bond donors (Lipinski definition) is 1. The molecule has 0 radical (unpaired) electrons. The summed E-state index contributed by atoms with van der Waals surface area (Å²) in [4.78, 5) is 13.7. The second-order valence-corrected chi connectivity index (χ2v) is 5.01. The van der Waals surface area contributed by atoms with Crippen LogP contribution in [0.4, 0.5) is 0 Å². The molecule has 0 amide bonds. The standard InChI is InChI=1S/C11H22N2O2/c1-11(2)5-4-6-13(8-11)9(7-12)10(14)15-3/h9H,4-8,12H2,1-3H3. The van der Waals surface area contributed by atoms with Crippen LogP contribution in [-0.4, -0.2) is 43.7 Å². The van der Waals surface area contributed by atoms with Crippen LogP contribution in [0, 0.1) is 5.41 Å². The first-order valence-corrected chi connectivity index (χ1v) is 5.52. The molecule has 0 spiro atoms. The minimum atomic E-state index is -0.269. The number of rotatable bonds is 3. The third-order valence-electron chi connectivity index (χ3n) is 3.07. The molecule has 0 aromatic carbocycles. The first-order valence-electron chi connectivity index (χ1n) is 5.52. The fourth-order valence-electron chi connectivity index (χ4n) is 2.27. The smallest absolute Gasteiger partial charge is 0.324 e. The molecule has 0 aromatic rings. The number of ether oxygens (including phenoxy) is 1. The van der Waals surface area contributed by atoms with Gasteiger partial charge in [-0.3, -0.25) is 9.69 Å². The average molecular weight is 214 g/mol. The maximum atomic E-state index is 11.5. The summed E-state index contributed by atoms with van der Waals surface area (Å²) >= 11 is 0. The molecular weight excluding hydrogens is 192 g/mol. The van der Waals surface area contributed by atoms with Crippen molar-refractivity contribution < 1.29 is 9.53 Å². The third-order valence-corrected chi connectivity index (χ3v) is 3.07. The van der Waals surface area contributed by atoms with Gasteiger partial charge in [-0.05, 0) is 24.8 Å². The maximum Gasteiger partial charge on any atom is 0.324 e. The first-order chi connectivity index (χ1) is 7.00. The highest BCUT2D eigenvalue weighted by atomic mass is 16.5. The van der Waals surface area contributed by atoms with Crippen LogP contribution in [0.1, 0.15) is 26.7 Å². The van der Waals surface area contributed by atoms with Gasteiger partial charge < -0.3 is 10.5 Å². The van der Waals surface area contributed by atoms with E-state index in [0.717, 1.165) is 19.5 Å². The summed E-state index contributed by atoms with van der Waals surface area (Å²) in [6.45, 7) is 6.65. The molecule has 15 heavy (non-hydrogen) atoms. The monoisotopic (exact) mass is 214 g/mol. The van der Waals surface area contributed by atoms with Crippen LogP contribution in [0.15, 0.2) is 0 Å². The molecule has 4 nitrogen and oxygen atoms in total. The highest BCUT2D eigenvalue weighted by molar-refractivity contribution is 5.75. The van der Waals surface area contributed by atoms with E-state index in [9.17, 15) is 4.79 Å². The van der Waals surface area contributed by atoms with E-state index in [2.05, 4.69) is 18.7 Å². The fraction of sp³-hybridized carbons (Fsp3) is 0.909. The van der Waals surface area contributed by atoms with E-state index in [1.54, 1.807) is 0 Å². The molecule has 0 bridgehead atoms. The van der Waals surface area contributed by atoms with Crippen LogP contribution in [0.25, 0.3) is 0 Å². The summed E-state index contributed by atoms with van der Waals surface area (Å²) in [6, 6.07) is -0.269. The van der Waals surface area contributed by atoms with Crippen molar-refractivity contribution in [3.05, 3.63) is 0 Å². The van der Waals surface area contributed by atoms with Gasteiger partial charge in [0.15, 0.2) is 0 Å². The maximum absolute atomic E-state index is 11.5. The van der Waals surface area contributed by atoms with Gasteiger partial charge in [0, 0.05) is 13.1 Å². The quantitative estimate of drug-likeness (QED) is 0.699. The van der Waals surface area contributed by atoms with E-state index in [1.807, 2.05) is 0 Å². The zero-order valence-electron chi connectivity index (χ0n) is 9.95. The largest absolute Gasteiger partial charge is 0.468 e. The lowest BCUT2D eigenvalue weighted by Crippen LogP contribution is -2.52. The molecule has 0 aromatic heterocycles. The zero-order valence-corrected chi connectivity index (χ0v) is 9.95. The van der Waals surface area contributed by atoms with Crippen molar-refractivity contribution in [3.63, 3.8) is 0 Å². The predicted octanol–water partition coefficient (Wildman–Crippen LogP) is 0.609. The van der Waals surface area contributed by atoms with E-state index >= 15 is 0 Å². The average Bonchev–Trinajstić information content (AvgIpc) is 2.17. The molecule has 1 fully saturated rings. The lowest BCUT2D eigenvalue weighted by molar-refractivity contribution is -0.147. The molecule has 1 atom stereocenters. The Morgan fingerprint density at radius 1 is 1.60 bits per heavy atom. The van der Waals surface area contributed by atoms with Gasteiger partial charge in [-0.1, -0.05) is 13.8 Å². The molecule has 1 aliphatic heterocycles. The van der Waals surface area contributed by atoms with Gasteiger partial charge in [0.25, 0.3) is 0 Å². The van der Waals surface area contributed by atoms with Crippen molar-refractivity contribution in [2.24, 2.45) is 11.1 Å². The normalized spacial score (nSPS) is 23.5. The van der Waals surface area contributed by atoms with Gasteiger partial charge in [-0.2, -0.15) is 0 Å². The molecule has 1 unspecified atom stereocenters. The Morgan fingerprint density at radius 3 is 2.73 bits per heavy atom. The second kappa shape index (κ2) is 4.94. The summed E-state index contributed by atoms with van der Waals surface area (Å²) in [7, 11) is 1.42. The van der Waals surface area contributed by atoms with E-state index in [-0.39, 0.29) is 17.4 Å². The SMILES string of the molecule is COC(=O)C(CN)N1CCCC(C)(C)C1. The number of likely N-dealkylation sites (tertiary alicyclic amines) is 1. The van der Waals surface area contributed by atoms with Crippen molar-refractivity contribution in [3.8, 4) is 0 Å². The fourth-order valence-corrected chi connectivity index (χ4v) is 2.27. The van der Waals surface area contributed by atoms with Gasteiger partial charge >= 0.3 is 5.97 Å². The van der Waals surface area contributed by atoms with Crippen molar-refractivity contribution in [1.82, 2.24) is 4.90 Å². The molecule has 88 valence electrons. The van der Waals surface area contributed by atoms with E-state index < -0.39 is 0 Å². The lowest BCUT2D eigenvalue weighted by atomic mass is 9.83. The summed E-state index contributed by atoms with van der Waals surface area (Å²) in [5, 5.41) is 0. The van der Waals surface area contributed by atoms with E-state index in [1.165, 1.54) is 13.5 Å². The van der Waals surface area contributed by atoms with E-state index in [0.29, 0.717) is 6.54 Å². The number of piperidine rings is 1. The number of hydrogen-bond acceptors (Lipinski definition) is 4. The van der Waals surface area contributed by atoms with Crippen molar-refractivity contribution in [1.29, 1.82) is 0 Å². The van der Waals surface area contributed by atoms with Crippen LogP contribution in [0.5, 0.6) is 0 Å².